The first-order valence-corrected chi connectivity index (χ1v) is 13.9. The van der Waals surface area contributed by atoms with Gasteiger partial charge < -0.3 is 15.0 Å². The number of fused-ring (bicyclic) bond motifs is 1. The number of aromatic nitrogens is 2. The lowest BCUT2D eigenvalue weighted by Crippen LogP contribution is -2.51. The fraction of sp³-hybridized carbons (Fsp3) is 0.542. The number of hydrogen-bond donors (Lipinski definition) is 2. The quantitative estimate of drug-likeness (QED) is 0.685. The van der Waals surface area contributed by atoms with Crippen molar-refractivity contribution in [3.8, 4) is 5.75 Å². The molecular formula is C24H34N4O3S. The Bertz CT molecular complexity index is 1020. The van der Waals surface area contributed by atoms with E-state index < -0.39 is 21.7 Å². The molecule has 0 spiro atoms. The van der Waals surface area contributed by atoms with Gasteiger partial charge in [-0.3, -0.25) is 14.7 Å². The second-order valence-electron chi connectivity index (χ2n) is 10.1. The molecule has 1 aromatic heterocycles. The first-order chi connectivity index (χ1) is 15.0. The van der Waals surface area contributed by atoms with Crippen LogP contribution >= 0.6 is 10.0 Å². The van der Waals surface area contributed by atoms with Crippen LogP contribution in [0.15, 0.2) is 30.3 Å². The molecule has 7 nitrogen and oxygen atoms in total. The van der Waals surface area contributed by atoms with Gasteiger partial charge in [-0.15, -0.1) is 0 Å². The summed E-state index contributed by atoms with van der Waals surface area (Å²) in [4.78, 5) is 28.4. The van der Waals surface area contributed by atoms with Crippen molar-refractivity contribution in [3.05, 3.63) is 41.6 Å². The number of hydrogen-bond acceptors (Lipinski definition) is 4. The molecule has 4 rings (SSSR count). The average molecular weight is 459 g/mol. The first-order valence-electron chi connectivity index (χ1n) is 11.1. The Hall–Kier alpha value is -2.48. The molecule has 0 radical (unpaired) electrons. The average Bonchev–Trinajstić information content (AvgIpc) is 3.18. The van der Waals surface area contributed by atoms with Crippen molar-refractivity contribution in [2.24, 2.45) is 0 Å². The molecule has 2 aliphatic rings. The number of carbonyl (C=O) groups is 2. The van der Waals surface area contributed by atoms with Crippen molar-refractivity contribution >= 4 is 27.7 Å². The van der Waals surface area contributed by atoms with E-state index in [1.54, 1.807) is 11.8 Å². The summed E-state index contributed by atoms with van der Waals surface area (Å²) in [5.74, 6) is 1.16. The Morgan fingerprint density at radius 2 is 1.84 bits per heavy atom. The summed E-state index contributed by atoms with van der Waals surface area (Å²) in [7, 11) is -1.06. The van der Waals surface area contributed by atoms with Crippen LogP contribution in [0, 0.1) is 0 Å². The molecule has 2 N–H and O–H groups in total. The van der Waals surface area contributed by atoms with Gasteiger partial charge in [-0.1, -0.05) is 18.2 Å². The second kappa shape index (κ2) is 7.83. The van der Waals surface area contributed by atoms with Crippen LogP contribution in [-0.2, 0) is 21.7 Å². The lowest BCUT2D eigenvalue weighted by atomic mass is 9.83. The number of benzene rings is 1. The van der Waals surface area contributed by atoms with E-state index in [1.165, 1.54) is 0 Å². The maximum atomic E-state index is 13.3. The number of rotatable bonds is 6. The van der Waals surface area contributed by atoms with Gasteiger partial charge in [0.2, 0.25) is 5.91 Å². The van der Waals surface area contributed by atoms with Gasteiger partial charge in [-0.2, -0.15) is 5.10 Å². The van der Waals surface area contributed by atoms with Crippen LogP contribution in [0.1, 0.15) is 51.3 Å². The topological polar surface area (TPSA) is 87.3 Å². The van der Waals surface area contributed by atoms with E-state index in [-0.39, 0.29) is 16.6 Å². The second-order valence-corrected chi connectivity index (χ2v) is 14.6. The summed E-state index contributed by atoms with van der Waals surface area (Å²) in [6, 6.07) is 9.35. The van der Waals surface area contributed by atoms with Crippen LogP contribution in [0.25, 0.3) is 0 Å². The van der Waals surface area contributed by atoms with E-state index in [4.69, 9.17) is 4.74 Å². The number of anilines is 1. The minimum atomic E-state index is -1.06. The van der Waals surface area contributed by atoms with Crippen LogP contribution in [0.4, 0.5) is 5.82 Å². The minimum Gasteiger partial charge on any atom is -0.481 e. The highest BCUT2D eigenvalue weighted by molar-refractivity contribution is 8.33. The van der Waals surface area contributed by atoms with Gasteiger partial charge in [-0.25, -0.2) is 10.0 Å². The fourth-order valence-electron chi connectivity index (χ4n) is 4.78. The van der Waals surface area contributed by atoms with Crippen molar-refractivity contribution in [1.82, 2.24) is 15.1 Å². The highest BCUT2D eigenvalue weighted by atomic mass is 32.3. The van der Waals surface area contributed by atoms with E-state index in [2.05, 4.69) is 34.3 Å². The van der Waals surface area contributed by atoms with Crippen molar-refractivity contribution < 1.29 is 14.3 Å². The van der Waals surface area contributed by atoms with Crippen molar-refractivity contribution in [3.63, 3.8) is 0 Å². The minimum absolute atomic E-state index is 0.0592. The van der Waals surface area contributed by atoms with Gasteiger partial charge in [0.1, 0.15) is 5.75 Å². The first kappa shape index (κ1) is 22.7. The van der Waals surface area contributed by atoms with Gasteiger partial charge >= 0.3 is 0 Å². The zero-order chi connectivity index (χ0) is 23.3. The predicted octanol–water partition coefficient (Wildman–Crippen LogP) is 4.01. The van der Waals surface area contributed by atoms with Gasteiger partial charge in [0, 0.05) is 5.56 Å². The SMILES string of the molecule is C[C@@H](Oc1ccccc1)C(=O)N1Cc2c(NC(=O)C3(S(C)(C)C)CCC3)n[nH]c2C1(C)C. The molecule has 2 aromatic rings. The lowest BCUT2D eigenvalue weighted by molar-refractivity contribution is -0.143. The summed E-state index contributed by atoms with van der Waals surface area (Å²) >= 11 is 0. The van der Waals surface area contributed by atoms with Gasteiger partial charge in [-0.05, 0) is 70.9 Å². The maximum Gasteiger partial charge on any atom is 0.264 e. The number of nitrogens with one attached hydrogen (secondary N) is 2. The number of H-pyrrole nitrogens is 1. The molecule has 0 bridgehead atoms. The summed E-state index contributed by atoms with van der Waals surface area (Å²) in [5, 5.41) is 10.6. The molecule has 0 unspecified atom stereocenters. The van der Waals surface area contributed by atoms with Crippen molar-refractivity contribution in [1.29, 1.82) is 0 Å². The smallest absolute Gasteiger partial charge is 0.264 e. The molecule has 32 heavy (non-hydrogen) atoms. The van der Waals surface area contributed by atoms with E-state index >= 15 is 0 Å². The predicted molar refractivity (Wildman–Crippen MR) is 129 cm³/mol. The van der Waals surface area contributed by atoms with E-state index in [9.17, 15) is 9.59 Å². The van der Waals surface area contributed by atoms with E-state index in [0.717, 1.165) is 30.5 Å². The number of nitrogens with zero attached hydrogens (tertiary/aromatic N) is 2. The van der Waals surface area contributed by atoms with Crippen LogP contribution in [-0.4, -0.2) is 56.5 Å². The molecular weight excluding hydrogens is 424 g/mol. The highest BCUT2D eigenvalue weighted by Gasteiger charge is 2.51. The summed E-state index contributed by atoms with van der Waals surface area (Å²) in [6.45, 7) is 6.13. The van der Waals surface area contributed by atoms with Crippen LogP contribution in [0.5, 0.6) is 5.75 Å². The van der Waals surface area contributed by atoms with Crippen LogP contribution in [0.2, 0.25) is 0 Å². The molecule has 1 aromatic carbocycles. The fourth-order valence-corrected chi connectivity index (χ4v) is 6.90. The summed E-state index contributed by atoms with van der Waals surface area (Å²) in [5.41, 5.74) is 1.15. The molecule has 1 aliphatic carbocycles. The Morgan fingerprint density at radius 3 is 2.41 bits per heavy atom. The lowest BCUT2D eigenvalue weighted by Gasteiger charge is -2.53. The van der Waals surface area contributed by atoms with Crippen LogP contribution in [0.3, 0.4) is 0 Å². The summed E-state index contributed by atoms with van der Waals surface area (Å²) < 4.78 is 5.58. The molecule has 2 amide bonds. The molecule has 2 heterocycles. The highest BCUT2D eigenvalue weighted by Crippen LogP contribution is 2.60. The third-order valence-corrected chi connectivity index (χ3v) is 10.1. The van der Waals surface area contributed by atoms with Gasteiger partial charge in [0.25, 0.3) is 5.91 Å². The van der Waals surface area contributed by atoms with Gasteiger partial charge in [0.15, 0.2) is 11.9 Å². The normalized spacial score (nSPS) is 20.1. The number of aromatic amines is 1. The molecule has 174 valence electrons. The number of amides is 2. The molecule has 1 fully saturated rings. The molecule has 0 saturated heterocycles. The zero-order valence-corrected chi connectivity index (χ0v) is 20.6. The molecule has 1 atom stereocenters. The Kier molecular flexibility index (Phi) is 5.56. The standard InChI is InChI=1S/C24H34N4O3S/c1-16(31-17-11-8-7-9-12-17)21(29)28-15-18-19(23(28,2)3)26-27-20(18)25-22(30)24(13-10-14-24)32(4,5)6/h7-9,11-12,16H,10,13-15H2,1-6H3,(H2,25,26,27,30)/t16-/m1/s1. The monoisotopic (exact) mass is 458 g/mol. The molecule has 1 aliphatic heterocycles. The maximum absolute atomic E-state index is 13.3. The Balaban J connectivity index is 1.52. The van der Waals surface area contributed by atoms with E-state index in [0.29, 0.717) is 18.1 Å². The van der Waals surface area contributed by atoms with E-state index in [1.807, 2.05) is 44.2 Å². The largest absolute Gasteiger partial charge is 0.481 e. The Morgan fingerprint density at radius 1 is 1.19 bits per heavy atom. The van der Waals surface area contributed by atoms with Crippen LogP contribution < -0.4 is 10.1 Å². The van der Waals surface area contributed by atoms with Gasteiger partial charge in [0.05, 0.1) is 22.5 Å². The number of ether oxygens (including phenoxy) is 1. The number of carbonyl (C=O) groups excluding carboxylic acids is 2. The van der Waals surface area contributed by atoms with Crippen molar-refractivity contribution in [2.45, 2.75) is 63.0 Å². The zero-order valence-electron chi connectivity index (χ0n) is 19.8. The summed E-state index contributed by atoms with van der Waals surface area (Å²) in [6.07, 6.45) is 8.93. The third kappa shape index (κ3) is 3.58. The third-order valence-electron chi connectivity index (χ3n) is 7.12. The van der Waals surface area contributed by atoms with Crippen molar-refractivity contribution in [2.75, 3.05) is 24.1 Å². The number of para-hydroxylation sites is 1. The Labute approximate surface area is 191 Å². The molecule has 1 saturated carbocycles. The molecule has 8 heteroatoms.